The summed E-state index contributed by atoms with van der Waals surface area (Å²) in [7, 11) is 0. The van der Waals surface area contributed by atoms with Crippen LogP contribution in [0.2, 0.25) is 5.02 Å². The van der Waals surface area contributed by atoms with Crippen molar-refractivity contribution in [3.05, 3.63) is 94.8 Å². The molecule has 5 nitrogen and oxygen atoms in total. The zero-order valence-corrected chi connectivity index (χ0v) is 17.3. The van der Waals surface area contributed by atoms with Crippen molar-refractivity contribution in [1.82, 2.24) is 0 Å². The summed E-state index contributed by atoms with van der Waals surface area (Å²) < 4.78 is 13.6. The van der Waals surface area contributed by atoms with Crippen molar-refractivity contribution in [3.63, 3.8) is 0 Å². The third-order valence-electron chi connectivity index (χ3n) is 5.82. The van der Waals surface area contributed by atoms with E-state index in [9.17, 15) is 14.0 Å². The average Bonchev–Trinajstić information content (AvgIpc) is 3.28. The number of hydrogen-bond donors (Lipinski definition) is 0. The molecule has 3 aromatic rings. The van der Waals surface area contributed by atoms with Crippen LogP contribution in [0.1, 0.15) is 17.2 Å². The van der Waals surface area contributed by atoms with E-state index in [1.165, 1.54) is 12.1 Å². The number of fused-ring (bicyclic) bond motifs is 1. The predicted molar refractivity (Wildman–Crippen MR) is 115 cm³/mol. The van der Waals surface area contributed by atoms with Gasteiger partial charge in [0.15, 0.2) is 6.10 Å². The molecule has 0 spiro atoms. The second-order valence-electron chi connectivity index (χ2n) is 7.61. The molecule has 0 radical (unpaired) electrons. The van der Waals surface area contributed by atoms with E-state index in [1.807, 2.05) is 30.3 Å². The fourth-order valence-corrected chi connectivity index (χ4v) is 4.46. The van der Waals surface area contributed by atoms with Crippen LogP contribution < -0.4 is 9.96 Å². The lowest BCUT2D eigenvalue weighted by molar-refractivity contribution is -0.126. The lowest BCUT2D eigenvalue weighted by Crippen LogP contribution is -2.37. The molecule has 2 heterocycles. The molecular formula is C24H18ClFN2O3. The number of nitrogens with zero attached hydrogens (tertiary/aromatic N) is 2. The van der Waals surface area contributed by atoms with Gasteiger partial charge in [-0.1, -0.05) is 48.0 Å². The molecule has 3 atom stereocenters. The lowest BCUT2D eigenvalue weighted by Gasteiger charge is -2.29. The van der Waals surface area contributed by atoms with Crippen LogP contribution in [-0.4, -0.2) is 17.9 Å². The molecule has 2 saturated heterocycles. The maximum absolute atomic E-state index is 13.6. The predicted octanol–water partition coefficient (Wildman–Crippen LogP) is 4.84. The Morgan fingerprint density at radius 3 is 2.32 bits per heavy atom. The standard InChI is InChI=1S/C24H18ClFN2O3/c1-14-18(25)8-5-9-19(14)27-23(29)20-21(15-10-12-16(26)13-11-15)28(31-22(20)24(27)30)17-6-3-2-4-7-17/h2-13,20-22H,1H3/t20-,21-,22-/m0/s1. The van der Waals surface area contributed by atoms with Crippen molar-refractivity contribution >= 4 is 34.8 Å². The Morgan fingerprint density at radius 1 is 0.903 bits per heavy atom. The molecule has 156 valence electrons. The highest BCUT2D eigenvalue weighted by molar-refractivity contribution is 6.32. The van der Waals surface area contributed by atoms with Crippen molar-refractivity contribution in [2.24, 2.45) is 5.92 Å². The quantitative estimate of drug-likeness (QED) is 0.551. The fourth-order valence-electron chi connectivity index (χ4n) is 4.29. The van der Waals surface area contributed by atoms with Crippen LogP contribution in [0.5, 0.6) is 0 Å². The molecule has 0 N–H and O–H groups in total. The Kier molecular flexibility index (Phi) is 4.76. The van der Waals surface area contributed by atoms with Gasteiger partial charge in [-0.05, 0) is 54.4 Å². The number of carbonyl (C=O) groups is 2. The maximum atomic E-state index is 13.6. The van der Waals surface area contributed by atoms with Crippen LogP contribution >= 0.6 is 11.6 Å². The molecule has 0 unspecified atom stereocenters. The Balaban J connectivity index is 1.60. The number of benzene rings is 3. The van der Waals surface area contributed by atoms with Gasteiger partial charge in [0, 0.05) is 5.02 Å². The van der Waals surface area contributed by atoms with Gasteiger partial charge in [-0.3, -0.25) is 14.4 Å². The smallest absolute Gasteiger partial charge is 0.266 e. The number of halogens is 2. The van der Waals surface area contributed by atoms with E-state index in [2.05, 4.69) is 0 Å². The van der Waals surface area contributed by atoms with Crippen LogP contribution in [0.4, 0.5) is 15.8 Å². The molecule has 2 amide bonds. The highest BCUT2D eigenvalue weighted by atomic mass is 35.5. The van der Waals surface area contributed by atoms with Gasteiger partial charge < -0.3 is 0 Å². The molecule has 5 rings (SSSR count). The summed E-state index contributed by atoms with van der Waals surface area (Å²) in [5, 5.41) is 2.05. The summed E-state index contributed by atoms with van der Waals surface area (Å²) in [5.74, 6) is -1.97. The monoisotopic (exact) mass is 436 g/mol. The Morgan fingerprint density at radius 2 is 1.61 bits per heavy atom. The summed E-state index contributed by atoms with van der Waals surface area (Å²) in [4.78, 5) is 34.1. The third-order valence-corrected chi connectivity index (χ3v) is 6.23. The number of carbonyl (C=O) groups excluding carboxylic acids is 2. The van der Waals surface area contributed by atoms with E-state index in [1.54, 1.807) is 42.3 Å². The van der Waals surface area contributed by atoms with Crippen LogP contribution in [0.15, 0.2) is 72.8 Å². The summed E-state index contributed by atoms with van der Waals surface area (Å²) in [6.07, 6.45) is -0.985. The third kappa shape index (κ3) is 3.10. The van der Waals surface area contributed by atoms with Gasteiger partial charge in [0.1, 0.15) is 11.7 Å². The van der Waals surface area contributed by atoms with E-state index in [4.69, 9.17) is 16.4 Å². The van der Waals surface area contributed by atoms with Gasteiger partial charge in [0.2, 0.25) is 5.91 Å². The number of hydrogen-bond acceptors (Lipinski definition) is 4. The van der Waals surface area contributed by atoms with E-state index in [0.717, 1.165) is 4.90 Å². The normalized spacial score (nSPS) is 22.9. The van der Waals surface area contributed by atoms with E-state index in [0.29, 0.717) is 27.5 Å². The summed E-state index contributed by atoms with van der Waals surface area (Å²) in [5.41, 5.74) is 2.48. The Bertz CT molecular complexity index is 1170. The largest absolute Gasteiger partial charge is 0.273 e. The van der Waals surface area contributed by atoms with Crippen molar-refractivity contribution in [1.29, 1.82) is 0 Å². The average molecular weight is 437 g/mol. The number of imide groups is 1. The molecule has 2 fully saturated rings. The zero-order chi connectivity index (χ0) is 21.7. The Hall–Kier alpha value is -3.22. The van der Waals surface area contributed by atoms with Crippen molar-refractivity contribution < 1.29 is 18.8 Å². The van der Waals surface area contributed by atoms with Crippen molar-refractivity contribution in [2.75, 3.05) is 9.96 Å². The summed E-state index contributed by atoms with van der Waals surface area (Å²) in [6, 6.07) is 19.7. The second-order valence-corrected chi connectivity index (χ2v) is 8.01. The first-order chi connectivity index (χ1) is 15.0. The van der Waals surface area contributed by atoms with Gasteiger partial charge >= 0.3 is 0 Å². The molecule has 0 saturated carbocycles. The molecule has 2 aliphatic heterocycles. The number of hydroxylamine groups is 1. The molecule has 0 bridgehead atoms. The highest BCUT2D eigenvalue weighted by Gasteiger charge is 2.60. The summed E-state index contributed by atoms with van der Waals surface area (Å²) in [6.45, 7) is 1.76. The highest BCUT2D eigenvalue weighted by Crippen LogP contribution is 2.48. The minimum absolute atomic E-state index is 0.367. The van der Waals surface area contributed by atoms with Gasteiger partial charge in [-0.2, -0.15) is 0 Å². The minimum Gasteiger partial charge on any atom is -0.273 e. The molecule has 7 heteroatoms. The first kappa shape index (κ1) is 19.7. The molecular weight excluding hydrogens is 419 g/mol. The molecule has 0 aromatic heterocycles. The fraction of sp³-hybridized carbons (Fsp3) is 0.167. The lowest BCUT2D eigenvalue weighted by atomic mass is 9.90. The zero-order valence-electron chi connectivity index (χ0n) is 16.5. The van der Waals surface area contributed by atoms with E-state index < -0.39 is 24.0 Å². The van der Waals surface area contributed by atoms with E-state index >= 15 is 0 Å². The van der Waals surface area contributed by atoms with E-state index in [-0.39, 0.29) is 11.7 Å². The Labute approximate surface area is 183 Å². The van der Waals surface area contributed by atoms with Gasteiger partial charge in [-0.25, -0.2) is 14.4 Å². The number of amides is 2. The molecule has 3 aromatic carbocycles. The number of para-hydroxylation sites is 1. The number of anilines is 2. The van der Waals surface area contributed by atoms with Gasteiger partial charge in [0.25, 0.3) is 5.91 Å². The number of rotatable bonds is 3. The molecule has 31 heavy (non-hydrogen) atoms. The first-order valence-corrected chi connectivity index (χ1v) is 10.2. The van der Waals surface area contributed by atoms with Crippen LogP contribution in [0, 0.1) is 18.7 Å². The molecule has 0 aliphatic carbocycles. The van der Waals surface area contributed by atoms with Crippen molar-refractivity contribution in [2.45, 2.75) is 19.1 Å². The second kappa shape index (κ2) is 7.48. The SMILES string of the molecule is Cc1c(Cl)cccc1N1C(=O)[C@@H]2[C@H](ON(c3ccccc3)[C@H]2c2ccc(F)cc2)C1=O. The minimum atomic E-state index is -0.985. The van der Waals surface area contributed by atoms with Gasteiger partial charge in [0.05, 0.1) is 17.4 Å². The van der Waals surface area contributed by atoms with Crippen LogP contribution in [0.3, 0.4) is 0 Å². The van der Waals surface area contributed by atoms with Gasteiger partial charge in [-0.15, -0.1) is 0 Å². The molecule has 2 aliphatic rings. The van der Waals surface area contributed by atoms with Crippen LogP contribution in [0.25, 0.3) is 0 Å². The topological polar surface area (TPSA) is 49.9 Å². The van der Waals surface area contributed by atoms with Crippen molar-refractivity contribution in [3.8, 4) is 0 Å². The summed E-state index contributed by atoms with van der Waals surface area (Å²) >= 11 is 6.23. The first-order valence-electron chi connectivity index (χ1n) is 9.87. The van der Waals surface area contributed by atoms with Crippen LogP contribution in [-0.2, 0) is 14.4 Å². The maximum Gasteiger partial charge on any atom is 0.266 e.